The van der Waals surface area contributed by atoms with Crippen molar-refractivity contribution in [3.63, 3.8) is 0 Å². The van der Waals surface area contributed by atoms with Crippen molar-refractivity contribution in [2.24, 2.45) is 0 Å². The highest BCUT2D eigenvalue weighted by Gasteiger charge is 2.26. The van der Waals surface area contributed by atoms with Crippen molar-refractivity contribution in [1.29, 1.82) is 0 Å². The van der Waals surface area contributed by atoms with Crippen molar-refractivity contribution in [3.8, 4) is 17.2 Å². The Bertz CT molecular complexity index is 2510. The number of amides is 3. The van der Waals surface area contributed by atoms with Gasteiger partial charge < -0.3 is 34.4 Å². The predicted molar refractivity (Wildman–Crippen MR) is 253 cm³/mol. The van der Waals surface area contributed by atoms with Crippen molar-refractivity contribution >= 4 is 69.2 Å². The summed E-state index contributed by atoms with van der Waals surface area (Å²) in [5.41, 5.74) is 1.03. The number of fused-ring (bicyclic) bond motifs is 1. The summed E-state index contributed by atoms with van der Waals surface area (Å²) < 4.78 is 21.8. The van der Waals surface area contributed by atoms with Crippen molar-refractivity contribution in [2.45, 2.75) is 102 Å². The number of nitrogens with zero attached hydrogens (tertiary/aromatic N) is 4. The summed E-state index contributed by atoms with van der Waals surface area (Å²) in [5, 5.41) is 38.0. The highest BCUT2D eigenvalue weighted by Crippen LogP contribution is 2.38. The fourth-order valence-corrected chi connectivity index (χ4v) is 7.77. The molecule has 0 fully saturated rings. The van der Waals surface area contributed by atoms with Gasteiger partial charge in [-0.15, -0.1) is 10.2 Å². The van der Waals surface area contributed by atoms with E-state index in [1.54, 1.807) is 61.5 Å². The molecule has 0 aliphatic carbocycles. The molecule has 1 aromatic heterocycles. The first kappa shape index (κ1) is 50.1. The van der Waals surface area contributed by atoms with Crippen LogP contribution in [0.15, 0.2) is 88.5 Å². The lowest BCUT2D eigenvalue weighted by Crippen LogP contribution is -2.34. The number of unbranched alkanes of at least 4 members (excludes halogenated alkanes) is 9. The summed E-state index contributed by atoms with van der Waals surface area (Å²) in [7, 11) is 1.43. The summed E-state index contributed by atoms with van der Waals surface area (Å²) >= 11 is 1.11. The van der Waals surface area contributed by atoms with Crippen molar-refractivity contribution < 1.29 is 47.8 Å². The maximum Gasteiger partial charge on any atom is 0.420 e. The fourth-order valence-electron chi connectivity index (χ4n) is 7.04. The van der Waals surface area contributed by atoms with Gasteiger partial charge in [-0.05, 0) is 55.3 Å². The molecule has 0 aliphatic heterocycles. The average molecular weight is 925 g/mol. The number of benzene rings is 4. The minimum absolute atomic E-state index is 0.0641. The molecule has 5 rings (SSSR count). The first-order valence-corrected chi connectivity index (χ1v) is 22.9. The topological polar surface area (TPSA) is 226 Å². The number of nitro benzene ring substituents is 1. The highest BCUT2D eigenvalue weighted by molar-refractivity contribution is 7.98. The molecule has 3 amide bonds. The molecule has 18 heteroatoms. The maximum absolute atomic E-state index is 14.2. The van der Waals surface area contributed by atoms with E-state index in [0.29, 0.717) is 34.5 Å². The van der Waals surface area contributed by atoms with Crippen LogP contribution in [0.4, 0.5) is 27.5 Å². The third-order valence-corrected chi connectivity index (χ3v) is 11.3. The molecule has 0 spiro atoms. The molecule has 4 aromatic carbocycles. The number of allylic oxidation sites excluding steroid dienone is 1. The van der Waals surface area contributed by atoms with E-state index in [1.807, 2.05) is 0 Å². The molecule has 66 heavy (non-hydrogen) atoms. The lowest BCUT2D eigenvalue weighted by Gasteiger charge is -2.24. The van der Waals surface area contributed by atoms with E-state index in [4.69, 9.17) is 18.6 Å². The van der Waals surface area contributed by atoms with Crippen LogP contribution < -0.4 is 25.0 Å². The average Bonchev–Trinajstić information content (AvgIpc) is 3.74. The number of anilines is 3. The Morgan fingerprint density at radius 2 is 1.62 bits per heavy atom. The zero-order valence-electron chi connectivity index (χ0n) is 37.6. The minimum atomic E-state index is -0.876. The van der Waals surface area contributed by atoms with Gasteiger partial charge in [-0.1, -0.05) is 113 Å². The second kappa shape index (κ2) is 25.5. The van der Waals surface area contributed by atoms with E-state index >= 15 is 0 Å². The van der Waals surface area contributed by atoms with E-state index < -0.39 is 28.6 Å². The molecule has 0 radical (unpaired) electrons. The first-order valence-electron chi connectivity index (χ1n) is 21.9. The van der Waals surface area contributed by atoms with Crippen LogP contribution in [0.1, 0.15) is 107 Å². The number of nitro groups is 1. The van der Waals surface area contributed by atoms with E-state index in [-0.39, 0.29) is 70.5 Å². The lowest BCUT2D eigenvalue weighted by atomic mass is 10.0. The number of methoxy groups -OCH3 is 1. The molecule has 0 atom stereocenters. The number of esters is 1. The van der Waals surface area contributed by atoms with Crippen LogP contribution >= 0.6 is 11.8 Å². The molecular formula is C48H56N6O11S. The molecule has 1 heterocycles. The lowest BCUT2D eigenvalue weighted by molar-refractivity contribution is -0.385. The number of ether oxygens (including phenoxy) is 3. The number of phenols is 1. The van der Waals surface area contributed by atoms with E-state index in [0.717, 1.165) is 37.4 Å². The van der Waals surface area contributed by atoms with Crippen LogP contribution in [0.5, 0.6) is 17.2 Å². The Kier molecular flexibility index (Phi) is 19.4. The molecule has 0 saturated heterocycles. The van der Waals surface area contributed by atoms with Crippen molar-refractivity contribution in [3.05, 3.63) is 106 Å². The van der Waals surface area contributed by atoms with Gasteiger partial charge in [0.05, 0.1) is 29.0 Å². The van der Waals surface area contributed by atoms with Gasteiger partial charge >= 0.3 is 17.7 Å². The number of thioether (sulfide) groups is 1. The van der Waals surface area contributed by atoms with Crippen molar-refractivity contribution in [1.82, 2.24) is 10.2 Å². The third-order valence-electron chi connectivity index (χ3n) is 10.4. The van der Waals surface area contributed by atoms with Gasteiger partial charge in [-0.25, -0.2) is 4.79 Å². The second-order valence-corrected chi connectivity index (χ2v) is 16.3. The molecule has 0 bridgehead atoms. The molecular weight excluding hydrogens is 869 g/mol. The van der Waals surface area contributed by atoms with Crippen molar-refractivity contribution in [2.75, 3.05) is 35.8 Å². The fraction of sp³-hybridized carbons (Fsp3) is 0.375. The van der Waals surface area contributed by atoms with Gasteiger partial charge in [-0.3, -0.25) is 29.4 Å². The zero-order chi connectivity index (χ0) is 47.4. The Labute approximate surface area is 387 Å². The molecule has 17 nitrogen and oxygen atoms in total. The Hall–Kier alpha value is -6.95. The molecule has 0 unspecified atom stereocenters. The summed E-state index contributed by atoms with van der Waals surface area (Å²) in [5.74, 6) is -1.54. The van der Waals surface area contributed by atoms with Crippen LogP contribution in [0.2, 0.25) is 0 Å². The monoisotopic (exact) mass is 924 g/mol. The number of carbonyl (C=O) groups excluding carboxylic acids is 4. The number of hydrogen-bond acceptors (Lipinski definition) is 14. The number of phenolic OH excluding ortho intramolecular Hbond substituents is 1. The van der Waals surface area contributed by atoms with E-state index in [1.165, 1.54) is 75.3 Å². The number of aromatic hydroxyl groups is 1. The second-order valence-electron chi connectivity index (χ2n) is 15.3. The molecule has 0 saturated carbocycles. The largest absolute Gasteiger partial charge is 0.506 e. The summed E-state index contributed by atoms with van der Waals surface area (Å²) in [6.07, 6.45) is 13.0. The summed E-state index contributed by atoms with van der Waals surface area (Å²) in [6.45, 7) is 5.68. The number of rotatable bonds is 25. The minimum Gasteiger partial charge on any atom is -0.506 e. The first-order chi connectivity index (χ1) is 31.9. The molecule has 0 aliphatic rings. The normalized spacial score (nSPS) is 11.1. The van der Waals surface area contributed by atoms with Gasteiger partial charge in [0.15, 0.2) is 0 Å². The number of carbonyl (C=O) groups is 4. The van der Waals surface area contributed by atoms with Crippen LogP contribution in [0, 0.1) is 10.1 Å². The van der Waals surface area contributed by atoms with E-state index in [2.05, 4.69) is 27.8 Å². The third kappa shape index (κ3) is 14.5. The summed E-state index contributed by atoms with van der Waals surface area (Å²) in [4.78, 5) is 64.7. The maximum atomic E-state index is 14.2. The standard InChI is InChI=1S/C48H56N6O11S/c1-5-7-9-10-11-12-13-14-15-16-26-53(39-19-17-18-36-35(39)22-23-37(45(36)57)46(58)50-38-29-34(49-32(3)55)21-25-41(38)62-4)48(59)64-42-24-20-33(28-40(42)54(60)61)31-66-47-52-51-43(65-47)30-44(56)63-27-8-6-2/h6,8,17-25,28-29,57H,5,7,9-16,26-27,30-31H2,1-4H3,(H,49,55)(H,50,58)/b8-6+. The van der Waals surface area contributed by atoms with Gasteiger partial charge in [0, 0.05) is 41.7 Å². The number of nitrogens with one attached hydrogen (secondary N) is 2. The van der Waals surface area contributed by atoms with Gasteiger partial charge in [0.25, 0.3) is 11.1 Å². The SMILES string of the molecule is C/C=C/COC(=O)Cc1nnc(SCc2ccc(OC(=O)N(CCCCCCCCCCCC)c3cccc4c(O)c(C(=O)Nc5cc(NC(C)=O)ccc5OC)ccc34)c([N+](=O)[O-])c2)o1. The zero-order valence-corrected chi connectivity index (χ0v) is 38.4. The molecule has 3 N–H and O–H groups in total. The van der Waals surface area contributed by atoms with Crippen LogP contribution in [-0.2, 0) is 26.5 Å². The quantitative estimate of drug-likeness (QED) is 0.0124. The molecule has 350 valence electrons. The van der Waals surface area contributed by atoms with Crippen LogP contribution in [0.25, 0.3) is 10.8 Å². The summed E-state index contributed by atoms with van der Waals surface area (Å²) in [6, 6.07) is 16.9. The Morgan fingerprint density at radius 1 is 0.894 bits per heavy atom. The predicted octanol–water partition coefficient (Wildman–Crippen LogP) is 10.9. The Morgan fingerprint density at radius 3 is 2.32 bits per heavy atom. The Balaban J connectivity index is 1.35. The highest BCUT2D eigenvalue weighted by atomic mass is 32.2. The van der Waals surface area contributed by atoms with E-state index in [9.17, 15) is 34.4 Å². The smallest absolute Gasteiger partial charge is 0.420 e. The van der Waals surface area contributed by atoms with Crippen LogP contribution in [-0.4, -0.2) is 64.4 Å². The van der Waals surface area contributed by atoms with Crippen LogP contribution in [0.3, 0.4) is 0 Å². The van der Waals surface area contributed by atoms with Gasteiger partial charge in [0.2, 0.25) is 17.5 Å². The number of hydrogen-bond donors (Lipinski definition) is 3. The number of aromatic nitrogens is 2. The molecule has 5 aromatic rings. The van der Waals surface area contributed by atoms with Gasteiger partial charge in [-0.2, -0.15) is 0 Å². The van der Waals surface area contributed by atoms with Gasteiger partial charge in [0.1, 0.15) is 24.5 Å².